The van der Waals surface area contributed by atoms with E-state index in [2.05, 4.69) is 21.3 Å². The molecular formula is C20H30N4O5. The Labute approximate surface area is 170 Å². The van der Waals surface area contributed by atoms with E-state index in [4.69, 9.17) is 4.74 Å². The van der Waals surface area contributed by atoms with Crippen molar-refractivity contribution in [3.8, 4) is 0 Å². The molecule has 1 rings (SSSR count). The van der Waals surface area contributed by atoms with Crippen molar-refractivity contribution in [3.63, 3.8) is 0 Å². The summed E-state index contributed by atoms with van der Waals surface area (Å²) in [5.74, 6) is -1.31. The van der Waals surface area contributed by atoms with E-state index in [0.29, 0.717) is 42.7 Å². The van der Waals surface area contributed by atoms with Crippen molar-refractivity contribution in [2.75, 3.05) is 31.5 Å². The van der Waals surface area contributed by atoms with Crippen LogP contribution in [0, 0.1) is 5.92 Å². The Balaban J connectivity index is 2.93. The van der Waals surface area contributed by atoms with Crippen LogP contribution in [0.25, 0.3) is 0 Å². The quantitative estimate of drug-likeness (QED) is 0.218. The first-order chi connectivity index (χ1) is 13.9. The minimum absolute atomic E-state index is 0.0416. The fourth-order valence-electron chi connectivity index (χ4n) is 2.33. The maximum Gasteiger partial charge on any atom is 0.308 e. The average molecular weight is 406 g/mol. The standard InChI is InChI=1S/C20H30N4O5/c1-4-14(3)20(28)29-12-15-6-7-16(24-18(26)11-22-13-25)10-17(15)19(27)23-9-8-21-5-2/h6-7,10,13-14,21H,4-5,8-9,11-12H2,1-3H3,(H,22,25)(H,23,27)(H,24,26). The van der Waals surface area contributed by atoms with Crippen LogP contribution >= 0.6 is 0 Å². The van der Waals surface area contributed by atoms with E-state index >= 15 is 0 Å². The molecule has 0 aliphatic rings. The summed E-state index contributed by atoms with van der Waals surface area (Å²) in [6.07, 6.45) is 1.09. The van der Waals surface area contributed by atoms with Gasteiger partial charge in [-0.05, 0) is 25.1 Å². The summed E-state index contributed by atoms with van der Waals surface area (Å²) in [6, 6.07) is 4.76. The lowest BCUT2D eigenvalue weighted by Crippen LogP contribution is -2.32. The van der Waals surface area contributed by atoms with E-state index in [-0.39, 0.29) is 30.9 Å². The van der Waals surface area contributed by atoms with Gasteiger partial charge in [0.05, 0.1) is 12.5 Å². The number of hydrogen-bond donors (Lipinski definition) is 4. The lowest BCUT2D eigenvalue weighted by Gasteiger charge is -2.15. The minimum atomic E-state index is -0.424. The summed E-state index contributed by atoms with van der Waals surface area (Å²) in [5, 5.41) is 10.8. The lowest BCUT2D eigenvalue weighted by atomic mass is 10.1. The molecule has 1 atom stereocenters. The predicted octanol–water partition coefficient (Wildman–Crippen LogP) is 0.800. The monoisotopic (exact) mass is 406 g/mol. The average Bonchev–Trinajstić information content (AvgIpc) is 2.73. The highest BCUT2D eigenvalue weighted by Crippen LogP contribution is 2.18. The molecule has 0 heterocycles. The number of ether oxygens (including phenoxy) is 1. The number of esters is 1. The smallest absolute Gasteiger partial charge is 0.308 e. The first kappa shape index (κ1) is 24.1. The topological polar surface area (TPSA) is 126 Å². The van der Waals surface area contributed by atoms with Crippen molar-refractivity contribution in [1.29, 1.82) is 0 Å². The second-order valence-corrected chi connectivity index (χ2v) is 6.45. The zero-order valence-corrected chi connectivity index (χ0v) is 17.2. The van der Waals surface area contributed by atoms with E-state index in [1.165, 1.54) is 6.07 Å². The number of likely N-dealkylation sites (N-methyl/N-ethyl adjacent to an activating group) is 1. The molecule has 0 fully saturated rings. The van der Waals surface area contributed by atoms with Gasteiger partial charge < -0.3 is 26.0 Å². The second kappa shape index (κ2) is 13.3. The molecule has 0 aromatic heterocycles. The molecule has 0 bridgehead atoms. The zero-order valence-electron chi connectivity index (χ0n) is 17.2. The van der Waals surface area contributed by atoms with Gasteiger partial charge in [0, 0.05) is 29.9 Å². The Kier molecular flexibility index (Phi) is 11.0. The molecule has 160 valence electrons. The fourth-order valence-corrected chi connectivity index (χ4v) is 2.33. The first-order valence-electron chi connectivity index (χ1n) is 9.68. The van der Waals surface area contributed by atoms with Gasteiger partial charge in [-0.25, -0.2) is 0 Å². The normalized spacial score (nSPS) is 11.3. The summed E-state index contributed by atoms with van der Waals surface area (Å²) < 4.78 is 5.32. The van der Waals surface area contributed by atoms with Gasteiger partial charge in [0.2, 0.25) is 12.3 Å². The number of nitrogens with one attached hydrogen (secondary N) is 4. The molecule has 1 aromatic rings. The van der Waals surface area contributed by atoms with Crippen LogP contribution in [0.15, 0.2) is 18.2 Å². The van der Waals surface area contributed by atoms with E-state index in [1.54, 1.807) is 19.1 Å². The molecule has 0 saturated carbocycles. The number of benzene rings is 1. The van der Waals surface area contributed by atoms with Gasteiger partial charge in [-0.2, -0.15) is 0 Å². The maximum absolute atomic E-state index is 12.6. The third kappa shape index (κ3) is 8.73. The SMILES string of the molecule is CCNCCNC(=O)c1cc(NC(=O)CNC=O)ccc1COC(=O)C(C)CC. The molecule has 0 spiro atoms. The summed E-state index contributed by atoms with van der Waals surface area (Å²) in [7, 11) is 0. The highest BCUT2D eigenvalue weighted by atomic mass is 16.5. The van der Waals surface area contributed by atoms with Gasteiger partial charge in [0.15, 0.2) is 0 Å². The van der Waals surface area contributed by atoms with Crippen LogP contribution in [0.4, 0.5) is 5.69 Å². The molecule has 9 nitrogen and oxygen atoms in total. The first-order valence-corrected chi connectivity index (χ1v) is 9.68. The molecule has 4 N–H and O–H groups in total. The number of amides is 3. The number of carbonyl (C=O) groups excluding carboxylic acids is 4. The van der Waals surface area contributed by atoms with Gasteiger partial charge in [0.25, 0.3) is 5.91 Å². The van der Waals surface area contributed by atoms with Crippen LogP contribution in [0.3, 0.4) is 0 Å². The number of carbonyl (C=O) groups is 4. The van der Waals surface area contributed by atoms with Crippen molar-refractivity contribution in [2.45, 2.75) is 33.8 Å². The van der Waals surface area contributed by atoms with E-state index in [1.807, 2.05) is 13.8 Å². The highest BCUT2D eigenvalue weighted by molar-refractivity contribution is 5.99. The van der Waals surface area contributed by atoms with Crippen LogP contribution in [-0.4, -0.2) is 50.4 Å². The minimum Gasteiger partial charge on any atom is -0.461 e. The predicted molar refractivity (Wildman–Crippen MR) is 109 cm³/mol. The third-order valence-electron chi connectivity index (χ3n) is 4.21. The fraction of sp³-hybridized carbons (Fsp3) is 0.500. The maximum atomic E-state index is 12.6. The summed E-state index contributed by atoms with van der Waals surface area (Å²) in [4.78, 5) is 46.7. The largest absolute Gasteiger partial charge is 0.461 e. The molecule has 0 aliphatic heterocycles. The van der Waals surface area contributed by atoms with Gasteiger partial charge in [-0.1, -0.05) is 26.8 Å². The Morgan fingerprint density at radius 1 is 1.17 bits per heavy atom. The molecule has 0 radical (unpaired) electrons. The summed E-state index contributed by atoms with van der Waals surface area (Å²) >= 11 is 0. The van der Waals surface area contributed by atoms with Crippen LogP contribution in [0.2, 0.25) is 0 Å². The third-order valence-corrected chi connectivity index (χ3v) is 4.21. The van der Waals surface area contributed by atoms with Crippen molar-refractivity contribution < 1.29 is 23.9 Å². The Bertz CT molecular complexity index is 708. The van der Waals surface area contributed by atoms with Crippen LogP contribution in [0.1, 0.15) is 43.1 Å². The van der Waals surface area contributed by atoms with Crippen molar-refractivity contribution in [3.05, 3.63) is 29.3 Å². The number of rotatable bonds is 13. The van der Waals surface area contributed by atoms with Gasteiger partial charge >= 0.3 is 5.97 Å². The lowest BCUT2D eigenvalue weighted by molar-refractivity contribution is -0.149. The molecule has 1 unspecified atom stereocenters. The second-order valence-electron chi connectivity index (χ2n) is 6.45. The molecule has 3 amide bonds. The van der Waals surface area contributed by atoms with Gasteiger partial charge in [0.1, 0.15) is 6.61 Å². The molecular weight excluding hydrogens is 376 g/mol. The van der Waals surface area contributed by atoms with Crippen molar-refractivity contribution in [2.24, 2.45) is 5.92 Å². The van der Waals surface area contributed by atoms with Crippen LogP contribution in [-0.2, 0) is 25.7 Å². The van der Waals surface area contributed by atoms with Crippen molar-refractivity contribution in [1.82, 2.24) is 16.0 Å². The summed E-state index contributed by atoms with van der Waals surface area (Å²) in [5.41, 5.74) is 1.24. The number of hydrogen-bond acceptors (Lipinski definition) is 6. The molecule has 1 aromatic carbocycles. The molecule has 29 heavy (non-hydrogen) atoms. The van der Waals surface area contributed by atoms with Gasteiger partial charge in [-0.3, -0.25) is 19.2 Å². The Morgan fingerprint density at radius 3 is 2.59 bits per heavy atom. The van der Waals surface area contributed by atoms with Crippen LogP contribution in [0.5, 0.6) is 0 Å². The number of anilines is 1. The van der Waals surface area contributed by atoms with E-state index in [9.17, 15) is 19.2 Å². The van der Waals surface area contributed by atoms with Crippen molar-refractivity contribution >= 4 is 29.9 Å². The molecule has 9 heteroatoms. The molecule has 0 aliphatic carbocycles. The van der Waals surface area contributed by atoms with Crippen LogP contribution < -0.4 is 21.3 Å². The Morgan fingerprint density at radius 2 is 1.93 bits per heavy atom. The Hall–Kier alpha value is -2.94. The van der Waals surface area contributed by atoms with E-state index in [0.717, 1.165) is 6.54 Å². The van der Waals surface area contributed by atoms with E-state index < -0.39 is 5.91 Å². The van der Waals surface area contributed by atoms with Gasteiger partial charge in [-0.15, -0.1) is 0 Å². The molecule has 0 saturated heterocycles. The summed E-state index contributed by atoms with van der Waals surface area (Å²) in [6.45, 7) is 7.27. The zero-order chi connectivity index (χ0) is 21.6. The highest BCUT2D eigenvalue weighted by Gasteiger charge is 2.17.